The summed E-state index contributed by atoms with van der Waals surface area (Å²) in [6.45, 7) is 3.53. The fourth-order valence-electron chi connectivity index (χ4n) is 2.10. The Morgan fingerprint density at radius 3 is 2.65 bits per heavy atom. The van der Waals surface area contributed by atoms with Crippen LogP contribution in [-0.2, 0) is 10.0 Å². The first-order valence-corrected chi connectivity index (χ1v) is 9.14. The molecular formula is C14H17BrN4O3S. The largest absolute Gasteiger partial charge is 0.351 e. The lowest BCUT2D eigenvalue weighted by Crippen LogP contribution is -2.35. The number of aryl methyl sites for hydroxylation is 2. The molecule has 3 N–H and O–H groups in total. The summed E-state index contributed by atoms with van der Waals surface area (Å²) in [5, 5.41) is 9.17. The maximum atomic E-state index is 12.2. The number of amides is 1. The zero-order valence-corrected chi connectivity index (χ0v) is 15.1. The smallest absolute Gasteiger partial charge is 0.251 e. The van der Waals surface area contributed by atoms with E-state index >= 15 is 0 Å². The van der Waals surface area contributed by atoms with Crippen LogP contribution in [0.15, 0.2) is 33.6 Å². The van der Waals surface area contributed by atoms with E-state index in [0.29, 0.717) is 17.0 Å². The van der Waals surface area contributed by atoms with Crippen LogP contribution < -0.4 is 10.0 Å². The number of aromatic amines is 1. The summed E-state index contributed by atoms with van der Waals surface area (Å²) in [5.41, 5.74) is 1.39. The summed E-state index contributed by atoms with van der Waals surface area (Å²) in [4.78, 5) is 12.1. The quantitative estimate of drug-likeness (QED) is 0.638. The fourth-order valence-corrected chi connectivity index (χ4v) is 3.90. The van der Waals surface area contributed by atoms with E-state index in [1.165, 1.54) is 0 Å². The summed E-state index contributed by atoms with van der Waals surface area (Å²) >= 11 is 3.29. The van der Waals surface area contributed by atoms with Gasteiger partial charge in [0.15, 0.2) is 0 Å². The maximum Gasteiger partial charge on any atom is 0.251 e. The van der Waals surface area contributed by atoms with Crippen molar-refractivity contribution in [3.05, 3.63) is 45.7 Å². The summed E-state index contributed by atoms with van der Waals surface area (Å²) in [6.07, 6.45) is 0. The van der Waals surface area contributed by atoms with Crippen LogP contribution in [0.4, 0.5) is 0 Å². The number of nitrogens with zero attached hydrogens (tertiary/aromatic N) is 1. The van der Waals surface area contributed by atoms with Gasteiger partial charge in [0.1, 0.15) is 4.90 Å². The minimum atomic E-state index is -3.65. The van der Waals surface area contributed by atoms with Crippen molar-refractivity contribution in [2.75, 3.05) is 13.1 Å². The van der Waals surface area contributed by atoms with Crippen LogP contribution in [0.1, 0.15) is 21.7 Å². The Balaban J connectivity index is 1.89. The van der Waals surface area contributed by atoms with Crippen LogP contribution in [0, 0.1) is 13.8 Å². The molecule has 1 aromatic carbocycles. The number of carbonyl (C=O) groups is 1. The molecule has 0 spiro atoms. The molecule has 7 nitrogen and oxygen atoms in total. The molecule has 0 aliphatic carbocycles. The standard InChI is InChI=1S/C14H17BrN4O3S/c1-9-13(10(2)19-18-9)23(21,22)17-7-6-16-14(20)11-4-3-5-12(15)8-11/h3-5,8,17H,6-7H2,1-2H3,(H,16,20)(H,18,19). The number of hydrogen-bond donors (Lipinski definition) is 3. The molecule has 1 amide bonds. The first-order valence-electron chi connectivity index (χ1n) is 6.86. The number of nitrogens with one attached hydrogen (secondary N) is 3. The minimum absolute atomic E-state index is 0.0894. The van der Waals surface area contributed by atoms with E-state index in [1.807, 2.05) is 6.07 Å². The molecule has 0 aliphatic rings. The van der Waals surface area contributed by atoms with Gasteiger partial charge in [-0.25, -0.2) is 13.1 Å². The molecule has 0 radical (unpaired) electrons. The molecule has 0 bridgehead atoms. The molecule has 0 atom stereocenters. The molecule has 0 saturated heterocycles. The third-order valence-electron chi connectivity index (χ3n) is 3.12. The van der Waals surface area contributed by atoms with E-state index < -0.39 is 10.0 Å². The van der Waals surface area contributed by atoms with Gasteiger partial charge < -0.3 is 5.32 Å². The molecule has 0 saturated carbocycles. The SMILES string of the molecule is Cc1n[nH]c(C)c1S(=O)(=O)NCCNC(=O)c1cccc(Br)c1. The minimum Gasteiger partial charge on any atom is -0.351 e. The van der Waals surface area contributed by atoms with Crippen LogP contribution in [0.3, 0.4) is 0 Å². The van der Waals surface area contributed by atoms with E-state index in [4.69, 9.17) is 0 Å². The average Bonchev–Trinajstić information content (AvgIpc) is 2.83. The zero-order valence-electron chi connectivity index (χ0n) is 12.7. The maximum absolute atomic E-state index is 12.2. The fraction of sp³-hybridized carbons (Fsp3) is 0.286. The monoisotopic (exact) mass is 400 g/mol. The molecule has 23 heavy (non-hydrogen) atoms. The molecule has 1 aromatic heterocycles. The van der Waals surface area contributed by atoms with Crippen molar-refractivity contribution in [2.45, 2.75) is 18.7 Å². The molecular weight excluding hydrogens is 384 g/mol. The number of H-pyrrole nitrogens is 1. The summed E-state index contributed by atoms with van der Waals surface area (Å²) in [6, 6.07) is 6.95. The number of halogens is 1. The van der Waals surface area contributed by atoms with Gasteiger partial charge in [-0.15, -0.1) is 0 Å². The van der Waals surface area contributed by atoms with E-state index in [9.17, 15) is 13.2 Å². The second-order valence-electron chi connectivity index (χ2n) is 4.93. The Hall–Kier alpha value is -1.71. The Morgan fingerprint density at radius 1 is 1.30 bits per heavy atom. The number of hydrogen-bond acceptors (Lipinski definition) is 4. The van der Waals surface area contributed by atoms with Crippen LogP contribution in [-0.4, -0.2) is 37.6 Å². The second-order valence-corrected chi connectivity index (χ2v) is 7.55. The molecule has 0 fully saturated rings. The lowest BCUT2D eigenvalue weighted by Gasteiger charge is -2.08. The van der Waals surface area contributed by atoms with Gasteiger partial charge in [-0.2, -0.15) is 5.10 Å². The average molecular weight is 401 g/mol. The summed E-state index contributed by atoms with van der Waals surface area (Å²) < 4.78 is 27.7. The highest BCUT2D eigenvalue weighted by Gasteiger charge is 2.21. The van der Waals surface area contributed by atoms with Gasteiger partial charge in [0.25, 0.3) is 5.91 Å². The van der Waals surface area contributed by atoms with Gasteiger partial charge in [-0.1, -0.05) is 22.0 Å². The molecule has 1 heterocycles. The van der Waals surface area contributed by atoms with Crippen LogP contribution in [0.5, 0.6) is 0 Å². The lowest BCUT2D eigenvalue weighted by atomic mass is 10.2. The highest BCUT2D eigenvalue weighted by Crippen LogP contribution is 2.15. The lowest BCUT2D eigenvalue weighted by molar-refractivity contribution is 0.0954. The van der Waals surface area contributed by atoms with E-state index in [2.05, 4.69) is 36.2 Å². The Morgan fingerprint density at radius 2 is 2.04 bits per heavy atom. The van der Waals surface area contributed by atoms with Gasteiger partial charge in [-0.3, -0.25) is 9.89 Å². The highest BCUT2D eigenvalue weighted by atomic mass is 79.9. The van der Waals surface area contributed by atoms with Crippen molar-refractivity contribution >= 4 is 31.9 Å². The van der Waals surface area contributed by atoms with Crippen LogP contribution in [0.25, 0.3) is 0 Å². The van der Waals surface area contributed by atoms with Gasteiger partial charge in [0.2, 0.25) is 10.0 Å². The van der Waals surface area contributed by atoms with E-state index in [1.54, 1.807) is 32.0 Å². The van der Waals surface area contributed by atoms with Crippen LogP contribution in [0.2, 0.25) is 0 Å². The summed E-state index contributed by atoms with van der Waals surface area (Å²) in [5.74, 6) is -0.263. The van der Waals surface area contributed by atoms with Crippen molar-refractivity contribution in [1.82, 2.24) is 20.2 Å². The molecule has 9 heteroatoms. The molecule has 2 aromatic rings. The third-order valence-corrected chi connectivity index (χ3v) is 5.34. The molecule has 2 rings (SSSR count). The second kappa shape index (κ2) is 7.24. The summed E-state index contributed by atoms with van der Waals surface area (Å²) in [7, 11) is -3.65. The normalized spacial score (nSPS) is 11.4. The van der Waals surface area contributed by atoms with Gasteiger partial charge >= 0.3 is 0 Å². The van der Waals surface area contributed by atoms with Crippen molar-refractivity contribution in [3.8, 4) is 0 Å². The Labute approximate surface area is 143 Å². The van der Waals surface area contributed by atoms with Crippen molar-refractivity contribution < 1.29 is 13.2 Å². The van der Waals surface area contributed by atoms with Crippen molar-refractivity contribution in [3.63, 3.8) is 0 Å². The topological polar surface area (TPSA) is 104 Å². The van der Waals surface area contributed by atoms with Gasteiger partial charge in [0.05, 0.1) is 11.4 Å². The molecule has 124 valence electrons. The molecule has 0 unspecified atom stereocenters. The first kappa shape index (κ1) is 17.6. The van der Waals surface area contributed by atoms with Crippen LogP contribution >= 0.6 is 15.9 Å². The zero-order chi connectivity index (χ0) is 17.0. The number of sulfonamides is 1. The Bertz CT molecular complexity index is 798. The number of aromatic nitrogens is 2. The van der Waals surface area contributed by atoms with Crippen molar-refractivity contribution in [1.29, 1.82) is 0 Å². The highest BCUT2D eigenvalue weighted by molar-refractivity contribution is 9.10. The van der Waals surface area contributed by atoms with E-state index in [0.717, 1.165) is 4.47 Å². The Kier molecular flexibility index (Phi) is 5.55. The van der Waals surface area contributed by atoms with Gasteiger partial charge in [-0.05, 0) is 32.0 Å². The predicted molar refractivity (Wildman–Crippen MR) is 89.7 cm³/mol. The first-order chi connectivity index (χ1) is 10.8. The number of carbonyl (C=O) groups excluding carboxylic acids is 1. The number of rotatable bonds is 6. The number of benzene rings is 1. The van der Waals surface area contributed by atoms with Crippen molar-refractivity contribution in [2.24, 2.45) is 0 Å². The third kappa shape index (κ3) is 4.40. The van der Waals surface area contributed by atoms with Gasteiger partial charge in [0, 0.05) is 23.1 Å². The van der Waals surface area contributed by atoms with E-state index in [-0.39, 0.29) is 23.9 Å². The predicted octanol–water partition coefficient (Wildman–Crippen LogP) is 1.50. The molecule has 0 aliphatic heterocycles.